The van der Waals surface area contributed by atoms with Crippen LogP contribution in [0.1, 0.15) is 12.8 Å². The van der Waals surface area contributed by atoms with Crippen molar-refractivity contribution in [2.24, 2.45) is 0 Å². The second-order valence-corrected chi connectivity index (χ2v) is 1.46. The van der Waals surface area contributed by atoms with Crippen LogP contribution in [-0.2, 0) is 0 Å². The molecule has 0 bridgehead atoms. The van der Waals surface area contributed by atoms with Crippen molar-refractivity contribution in [3.8, 4) is 0 Å². The first kappa shape index (κ1) is 11.8. The minimum atomic E-state index is 0. The Hall–Kier alpha value is 1.01. The van der Waals surface area contributed by atoms with Crippen LogP contribution in [-0.4, -0.2) is 13.1 Å². The third kappa shape index (κ3) is 10.1. The van der Waals surface area contributed by atoms with Gasteiger partial charge in [-0.2, -0.15) is 12.8 Å². The van der Waals surface area contributed by atoms with Gasteiger partial charge in [0.1, 0.15) is 0 Å². The van der Waals surface area contributed by atoms with Crippen LogP contribution in [0.4, 0.5) is 0 Å². The second kappa shape index (κ2) is 10.9. The molecular weight excluding hydrogens is 324 g/mol. The monoisotopic (exact) mass is 337 g/mol. The molecule has 0 fully saturated rings. The largest absolute Gasteiger partial charge is 2.00 e. The van der Waals surface area contributed by atoms with Crippen LogP contribution in [0, 0.1) is 45.0 Å². The van der Waals surface area contributed by atoms with Gasteiger partial charge >= 0.3 is 31.1 Å². The minimum absolute atomic E-state index is 0. The molecule has 0 aromatic rings. The molecular formula is C6H13NU. The van der Waals surface area contributed by atoms with Crippen molar-refractivity contribution in [2.75, 3.05) is 13.1 Å². The predicted molar refractivity (Wildman–Crippen MR) is 32.8 cm³/mol. The van der Waals surface area contributed by atoms with Gasteiger partial charge in [0.2, 0.25) is 0 Å². The molecule has 0 radical (unpaired) electrons. The van der Waals surface area contributed by atoms with E-state index in [9.17, 15) is 0 Å². The summed E-state index contributed by atoms with van der Waals surface area (Å²) in [5.41, 5.74) is 0. The fraction of sp³-hybridized carbons (Fsp3) is 0.667. The van der Waals surface area contributed by atoms with Gasteiger partial charge in [-0.05, 0) is 13.1 Å². The van der Waals surface area contributed by atoms with E-state index < -0.39 is 0 Å². The molecule has 0 unspecified atom stereocenters. The van der Waals surface area contributed by atoms with E-state index in [2.05, 4.69) is 19.2 Å². The molecule has 0 amide bonds. The van der Waals surface area contributed by atoms with Crippen molar-refractivity contribution >= 4 is 0 Å². The normalized spacial score (nSPS) is 8.25. The predicted octanol–water partition coefficient (Wildman–Crippen LogP) is 1.02. The van der Waals surface area contributed by atoms with Gasteiger partial charge in [0.25, 0.3) is 0 Å². The van der Waals surface area contributed by atoms with Gasteiger partial charge < -0.3 is 19.2 Å². The number of hydrogen-bond donors (Lipinski definition) is 1. The van der Waals surface area contributed by atoms with E-state index >= 15 is 0 Å². The van der Waals surface area contributed by atoms with Crippen LogP contribution in [0.15, 0.2) is 0 Å². The maximum atomic E-state index is 3.67. The average Bonchev–Trinajstić information content (AvgIpc) is 1.69. The molecule has 2 heteroatoms. The summed E-state index contributed by atoms with van der Waals surface area (Å²) in [6.07, 6.45) is 1.94. The molecule has 0 aromatic carbocycles. The molecule has 46 valence electrons. The Balaban J connectivity index is 0. The fourth-order valence-electron chi connectivity index (χ4n) is 0.375. The Bertz CT molecular complexity index is 27.7. The zero-order valence-corrected chi connectivity index (χ0v) is 9.41. The molecule has 0 saturated carbocycles. The maximum Gasteiger partial charge on any atom is 2.00 e. The van der Waals surface area contributed by atoms with Gasteiger partial charge in [0, 0.05) is 0 Å². The van der Waals surface area contributed by atoms with Gasteiger partial charge in [-0.3, -0.25) is 0 Å². The van der Waals surface area contributed by atoms with Crippen molar-refractivity contribution in [1.82, 2.24) is 5.32 Å². The van der Waals surface area contributed by atoms with E-state index in [1.165, 1.54) is 0 Å². The summed E-state index contributed by atoms with van der Waals surface area (Å²) in [5.74, 6) is 0. The van der Waals surface area contributed by atoms with Crippen molar-refractivity contribution < 1.29 is 31.1 Å². The molecule has 0 atom stereocenters. The van der Waals surface area contributed by atoms with Crippen molar-refractivity contribution in [3.63, 3.8) is 0 Å². The Morgan fingerprint density at radius 1 is 1.00 bits per heavy atom. The third-order valence-corrected chi connectivity index (χ3v) is 0.707. The van der Waals surface area contributed by atoms with Crippen LogP contribution in [0.3, 0.4) is 0 Å². The summed E-state index contributed by atoms with van der Waals surface area (Å²) in [5, 5.41) is 3.16. The molecule has 1 nitrogen and oxygen atoms in total. The van der Waals surface area contributed by atoms with Gasteiger partial charge in [-0.15, -0.1) is 0 Å². The number of hydrogen-bond acceptors (Lipinski definition) is 1. The van der Waals surface area contributed by atoms with Crippen LogP contribution < -0.4 is 5.32 Å². The molecule has 0 saturated heterocycles. The summed E-state index contributed by atoms with van der Waals surface area (Å²) in [7, 11) is 0. The Morgan fingerprint density at radius 3 is 1.62 bits per heavy atom. The van der Waals surface area contributed by atoms with Crippen molar-refractivity contribution in [1.29, 1.82) is 0 Å². The van der Waals surface area contributed by atoms with E-state index in [-0.39, 0.29) is 31.1 Å². The van der Waals surface area contributed by atoms with Crippen molar-refractivity contribution in [2.45, 2.75) is 12.8 Å². The molecule has 0 aliphatic heterocycles. The van der Waals surface area contributed by atoms with Crippen LogP contribution in [0.25, 0.3) is 0 Å². The third-order valence-electron chi connectivity index (χ3n) is 0.707. The van der Waals surface area contributed by atoms with Gasteiger partial charge in [0.15, 0.2) is 0 Å². The Kier molecular flexibility index (Phi) is 16.0. The standard InChI is InChI=1S/C6H13N.U/c1-3-5-7-6-4-2;/h7H,1-6H2;/q-2;+2. The summed E-state index contributed by atoms with van der Waals surface area (Å²) in [6, 6.07) is 0. The van der Waals surface area contributed by atoms with Crippen LogP contribution >= 0.6 is 0 Å². The summed E-state index contributed by atoms with van der Waals surface area (Å²) in [6.45, 7) is 9.40. The minimum Gasteiger partial charge on any atom is -0.342 e. The van der Waals surface area contributed by atoms with Gasteiger partial charge in [-0.25, -0.2) is 0 Å². The molecule has 0 rings (SSSR count). The van der Waals surface area contributed by atoms with Gasteiger partial charge in [-0.1, -0.05) is 0 Å². The first-order valence-corrected chi connectivity index (χ1v) is 2.71. The fourth-order valence-corrected chi connectivity index (χ4v) is 0.375. The first-order valence-electron chi connectivity index (χ1n) is 2.71. The summed E-state index contributed by atoms with van der Waals surface area (Å²) >= 11 is 0. The molecule has 0 aromatic heterocycles. The topological polar surface area (TPSA) is 12.0 Å². The average molecular weight is 337 g/mol. The second-order valence-electron chi connectivity index (χ2n) is 1.46. The van der Waals surface area contributed by atoms with Crippen LogP contribution in [0.5, 0.6) is 0 Å². The van der Waals surface area contributed by atoms with E-state index in [1.54, 1.807) is 0 Å². The quantitative estimate of drug-likeness (QED) is 0.597. The van der Waals surface area contributed by atoms with Crippen LogP contribution in [0.2, 0.25) is 0 Å². The number of nitrogens with one attached hydrogen (secondary N) is 1. The number of rotatable bonds is 4. The van der Waals surface area contributed by atoms with Gasteiger partial charge in [0.05, 0.1) is 0 Å². The summed E-state index contributed by atoms with van der Waals surface area (Å²) in [4.78, 5) is 0. The zero-order valence-electron chi connectivity index (χ0n) is 5.24. The Labute approximate surface area is 76.0 Å². The molecule has 0 aliphatic carbocycles. The van der Waals surface area contributed by atoms with E-state index in [0.29, 0.717) is 0 Å². The molecule has 0 heterocycles. The van der Waals surface area contributed by atoms with E-state index in [1.807, 2.05) is 0 Å². The zero-order chi connectivity index (χ0) is 5.54. The first-order chi connectivity index (χ1) is 3.41. The van der Waals surface area contributed by atoms with E-state index in [0.717, 1.165) is 25.9 Å². The Morgan fingerprint density at radius 2 is 1.38 bits per heavy atom. The van der Waals surface area contributed by atoms with Crippen molar-refractivity contribution in [3.05, 3.63) is 13.8 Å². The smallest absolute Gasteiger partial charge is 0.342 e. The summed E-state index contributed by atoms with van der Waals surface area (Å²) < 4.78 is 0. The molecule has 1 N–H and O–H groups in total. The maximum absolute atomic E-state index is 3.67. The molecule has 0 spiro atoms. The van der Waals surface area contributed by atoms with E-state index in [4.69, 9.17) is 0 Å². The molecule has 8 heavy (non-hydrogen) atoms. The molecule has 0 aliphatic rings. The SMILES string of the molecule is [CH2-]CCNCC[CH2-].[U+2].